The molecule has 0 aliphatic carbocycles. The molecule has 1 aliphatic heterocycles. The summed E-state index contributed by atoms with van der Waals surface area (Å²) >= 11 is 3.29. The van der Waals surface area contributed by atoms with Crippen LogP contribution < -0.4 is 10.2 Å². The highest BCUT2D eigenvalue weighted by molar-refractivity contribution is 7.99. The van der Waals surface area contributed by atoms with E-state index in [1.165, 1.54) is 9.75 Å². The molecule has 0 unspecified atom stereocenters. The standard InChI is InChI=1S/C22H24N4O2S2/c1-5-27-16-7-6-8-17(11-16)30-22-20(14(3)15(4)24-25-22)21-23-18(12-28-26-21)19-10-9-13(2)29-19/h6-11,18H,5,12H2,1-4H3,(H,23,26)/t18-/m0/s1. The lowest BCUT2D eigenvalue weighted by Crippen LogP contribution is -2.33. The van der Waals surface area contributed by atoms with Crippen molar-refractivity contribution in [3.05, 3.63) is 63.0 Å². The number of rotatable bonds is 6. The molecule has 1 aromatic carbocycles. The number of aliphatic imine (C=N–C) groups is 1. The van der Waals surface area contributed by atoms with E-state index in [1.807, 2.05) is 45.0 Å². The Balaban J connectivity index is 1.71. The zero-order chi connectivity index (χ0) is 21.1. The second-order valence-corrected chi connectivity index (χ2v) is 9.34. The largest absolute Gasteiger partial charge is 0.494 e. The van der Waals surface area contributed by atoms with Gasteiger partial charge in [-0.15, -0.1) is 16.4 Å². The Kier molecular flexibility index (Phi) is 6.36. The van der Waals surface area contributed by atoms with Crippen LogP contribution in [0.25, 0.3) is 0 Å². The predicted molar refractivity (Wildman–Crippen MR) is 121 cm³/mol. The summed E-state index contributed by atoms with van der Waals surface area (Å²) in [6.07, 6.45) is 0. The summed E-state index contributed by atoms with van der Waals surface area (Å²) in [7, 11) is 0. The van der Waals surface area contributed by atoms with E-state index in [9.17, 15) is 0 Å². The van der Waals surface area contributed by atoms with Crippen LogP contribution in [0.3, 0.4) is 0 Å². The minimum Gasteiger partial charge on any atom is -0.494 e. The highest BCUT2D eigenvalue weighted by atomic mass is 32.2. The lowest BCUT2D eigenvalue weighted by Gasteiger charge is -2.23. The molecule has 0 fully saturated rings. The number of ether oxygens (including phenoxy) is 1. The molecule has 4 rings (SSSR count). The normalized spacial score (nSPS) is 16.1. The molecular formula is C22H24N4O2S2. The van der Waals surface area contributed by atoms with E-state index in [2.05, 4.69) is 34.7 Å². The fraction of sp³-hybridized carbons (Fsp3) is 0.318. The van der Waals surface area contributed by atoms with Crippen molar-refractivity contribution in [1.82, 2.24) is 15.7 Å². The Bertz CT molecular complexity index is 1080. The fourth-order valence-electron chi connectivity index (χ4n) is 3.15. The van der Waals surface area contributed by atoms with Gasteiger partial charge in [0.25, 0.3) is 0 Å². The minimum atomic E-state index is -0.0352. The van der Waals surface area contributed by atoms with Gasteiger partial charge in [0.2, 0.25) is 0 Å². The molecule has 156 valence electrons. The molecule has 0 spiro atoms. The number of hydroxylamine groups is 1. The Labute approximate surface area is 184 Å². The van der Waals surface area contributed by atoms with Crippen molar-refractivity contribution in [2.45, 2.75) is 43.7 Å². The number of aryl methyl sites for hydroxylation is 2. The molecule has 1 atom stereocenters. The third-order valence-electron chi connectivity index (χ3n) is 4.77. The molecule has 3 heterocycles. The maximum absolute atomic E-state index is 5.71. The van der Waals surface area contributed by atoms with Gasteiger partial charge in [-0.2, -0.15) is 5.10 Å². The highest BCUT2D eigenvalue weighted by Gasteiger charge is 2.24. The van der Waals surface area contributed by atoms with Gasteiger partial charge in [0, 0.05) is 14.6 Å². The molecule has 0 amide bonds. The van der Waals surface area contributed by atoms with Crippen LogP contribution in [0.1, 0.15) is 39.5 Å². The molecule has 1 aliphatic rings. The third kappa shape index (κ3) is 4.50. The smallest absolute Gasteiger partial charge is 0.156 e. The molecule has 6 nitrogen and oxygen atoms in total. The van der Waals surface area contributed by atoms with Crippen LogP contribution in [-0.4, -0.2) is 29.2 Å². The first-order valence-corrected chi connectivity index (χ1v) is 11.5. The lowest BCUT2D eigenvalue weighted by molar-refractivity contribution is 0.0627. The number of benzene rings is 1. The number of nitrogens with zero attached hydrogens (tertiary/aromatic N) is 3. The van der Waals surface area contributed by atoms with Gasteiger partial charge >= 0.3 is 0 Å². The van der Waals surface area contributed by atoms with E-state index < -0.39 is 0 Å². The lowest BCUT2D eigenvalue weighted by atomic mass is 10.1. The number of hydrogen-bond donors (Lipinski definition) is 1. The molecule has 3 aromatic rings. The Morgan fingerprint density at radius 1 is 1.20 bits per heavy atom. The predicted octanol–water partition coefficient (Wildman–Crippen LogP) is 5.04. The zero-order valence-electron chi connectivity index (χ0n) is 17.4. The summed E-state index contributed by atoms with van der Waals surface area (Å²) in [4.78, 5) is 14.2. The van der Waals surface area contributed by atoms with Crippen LogP contribution >= 0.6 is 23.1 Å². The van der Waals surface area contributed by atoms with Crippen molar-refractivity contribution in [2.75, 3.05) is 13.2 Å². The SMILES string of the molecule is CCOc1cccc(Sc2nnc(C)c(C)c2C2=N[C@H](c3ccc(C)s3)CON2)c1. The first-order chi connectivity index (χ1) is 14.5. The second kappa shape index (κ2) is 9.16. The molecular weight excluding hydrogens is 416 g/mol. The maximum atomic E-state index is 5.71. The van der Waals surface area contributed by atoms with Crippen molar-refractivity contribution in [3.8, 4) is 5.75 Å². The number of nitrogens with one attached hydrogen (secondary N) is 1. The van der Waals surface area contributed by atoms with Crippen LogP contribution in [0.4, 0.5) is 0 Å². The van der Waals surface area contributed by atoms with Crippen molar-refractivity contribution >= 4 is 28.9 Å². The van der Waals surface area contributed by atoms with Gasteiger partial charge in [-0.3, -0.25) is 9.83 Å². The third-order valence-corrected chi connectivity index (χ3v) is 6.85. The van der Waals surface area contributed by atoms with E-state index in [0.29, 0.717) is 19.0 Å². The summed E-state index contributed by atoms with van der Waals surface area (Å²) in [5.74, 6) is 1.53. The molecule has 30 heavy (non-hydrogen) atoms. The topological polar surface area (TPSA) is 68.6 Å². The molecule has 2 aromatic heterocycles. The molecule has 0 saturated carbocycles. The molecule has 0 saturated heterocycles. The second-order valence-electron chi connectivity index (χ2n) is 6.96. The van der Waals surface area contributed by atoms with Gasteiger partial charge in [-0.1, -0.05) is 17.8 Å². The maximum Gasteiger partial charge on any atom is 0.156 e. The quantitative estimate of drug-likeness (QED) is 0.579. The number of amidine groups is 1. The van der Waals surface area contributed by atoms with Crippen molar-refractivity contribution in [3.63, 3.8) is 0 Å². The Hall–Kier alpha value is -2.42. The number of thiophene rings is 1. The first-order valence-electron chi connectivity index (χ1n) is 9.82. The van der Waals surface area contributed by atoms with E-state index in [4.69, 9.17) is 14.6 Å². The van der Waals surface area contributed by atoms with Crippen molar-refractivity contribution in [2.24, 2.45) is 4.99 Å². The summed E-state index contributed by atoms with van der Waals surface area (Å²) in [6.45, 7) is 9.21. The van der Waals surface area contributed by atoms with Crippen molar-refractivity contribution in [1.29, 1.82) is 0 Å². The van der Waals surface area contributed by atoms with Crippen LogP contribution in [-0.2, 0) is 4.84 Å². The van der Waals surface area contributed by atoms with Gasteiger partial charge in [-0.05, 0) is 63.6 Å². The molecule has 0 radical (unpaired) electrons. The summed E-state index contributed by atoms with van der Waals surface area (Å²) < 4.78 is 5.63. The van der Waals surface area contributed by atoms with Gasteiger partial charge in [0.15, 0.2) is 5.84 Å². The van der Waals surface area contributed by atoms with Crippen LogP contribution in [0.15, 0.2) is 51.3 Å². The average molecular weight is 441 g/mol. The summed E-state index contributed by atoms with van der Waals surface area (Å²) in [5.41, 5.74) is 5.85. The average Bonchev–Trinajstić information content (AvgIpc) is 3.18. The van der Waals surface area contributed by atoms with E-state index >= 15 is 0 Å². The summed E-state index contributed by atoms with van der Waals surface area (Å²) in [5, 5.41) is 9.61. The Morgan fingerprint density at radius 3 is 2.83 bits per heavy atom. The van der Waals surface area contributed by atoms with Crippen LogP contribution in [0, 0.1) is 20.8 Å². The molecule has 8 heteroatoms. The monoisotopic (exact) mass is 440 g/mol. The highest BCUT2D eigenvalue weighted by Crippen LogP contribution is 2.34. The molecule has 1 N–H and O–H groups in total. The van der Waals surface area contributed by atoms with E-state index in [1.54, 1.807) is 23.1 Å². The number of aromatic nitrogens is 2. The van der Waals surface area contributed by atoms with Crippen LogP contribution in [0.2, 0.25) is 0 Å². The van der Waals surface area contributed by atoms with Gasteiger partial charge < -0.3 is 4.74 Å². The van der Waals surface area contributed by atoms with E-state index in [0.717, 1.165) is 32.5 Å². The number of hydrogen-bond acceptors (Lipinski definition) is 8. The van der Waals surface area contributed by atoms with Crippen LogP contribution in [0.5, 0.6) is 5.75 Å². The minimum absolute atomic E-state index is 0.0352. The summed E-state index contributed by atoms with van der Waals surface area (Å²) in [6, 6.07) is 12.2. The fourth-order valence-corrected chi connectivity index (χ4v) is 5.02. The van der Waals surface area contributed by atoms with Gasteiger partial charge in [-0.25, -0.2) is 5.48 Å². The van der Waals surface area contributed by atoms with Crippen molar-refractivity contribution < 1.29 is 9.57 Å². The molecule has 0 bridgehead atoms. The van der Waals surface area contributed by atoms with Gasteiger partial charge in [0.1, 0.15) is 23.4 Å². The van der Waals surface area contributed by atoms with Gasteiger partial charge in [0.05, 0.1) is 17.9 Å². The Morgan fingerprint density at radius 2 is 2.07 bits per heavy atom. The first kappa shape index (κ1) is 20.8. The van der Waals surface area contributed by atoms with E-state index in [-0.39, 0.29) is 6.04 Å². The zero-order valence-corrected chi connectivity index (χ0v) is 19.1.